The third-order valence-electron chi connectivity index (χ3n) is 2.39. The number of hydrogen-bond donors (Lipinski definition) is 1. The Morgan fingerprint density at radius 2 is 1.93 bits per heavy atom. The van der Waals surface area contributed by atoms with E-state index in [4.69, 9.17) is 5.26 Å². The van der Waals surface area contributed by atoms with Gasteiger partial charge in [0.1, 0.15) is 5.54 Å². The summed E-state index contributed by atoms with van der Waals surface area (Å²) in [5.41, 5.74) is -0.361. The minimum Gasteiger partial charge on any atom is -0.309 e. The highest BCUT2D eigenvalue weighted by Gasteiger charge is 2.23. The summed E-state index contributed by atoms with van der Waals surface area (Å²) in [6.45, 7) is 7.25. The van der Waals surface area contributed by atoms with Crippen molar-refractivity contribution in [1.82, 2.24) is 10.2 Å². The SMILES string of the molecule is CC(C)NC(C)(C#N)CCCCN(C)C. The van der Waals surface area contributed by atoms with Crippen LogP contribution < -0.4 is 5.32 Å². The van der Waals surface area contributed by atoms with Crippen LogP contribution in [0.4, 0.5) is 0 Å². The van der Waals surface area contributed by atoms with E-state index in [9.17, 15) is 0 Å². The molecule has 0 radical (unpaired) electrons. The number of nitriles is 1. The maximum Gasteiger partial charge on any atom is 0.104 e. The normalized spacial score (nSPS) is 15.3. The van der Waals surface area contributed by atoms with E-state index in [1.165, 1.54) is 0 Å². The second kappa shape index (κ2) is 6.81. The van der Waals surface area contributed by atoms with E-state index in [2.05, 4.69) is 44.2 Å². The van der Waals surface area contributed by atoms with Gasteiger partial charge in [0, 0.05) is 6.04 Å². The Morgan fingerprint density at radius 3 is 2.33 bits per heavy atom. The smallest absolute Gasteiger partial charge is 0.104 e. The van der Waals surface area contributed by atoms with Gasteiger partial charge >= 0.3 is 0 Å². The maximum absolute atomic E-state index is 9.12. The van der Waals surface area contributed by atoms with Crippen LogP contribution in [0, 0.1) is 11.3 Å². The molecular formula is C12H25N3. The van der Waals surface area contributed by atoms with Gasteiger partial charge in [-0.1, -0.05) is 0 Å². The average molecular weight is 211 g/mol. The third kappa shape index (κ3) is 7.35. The summed E-state index contributed by atoms with van der Waals surface area (Å²) in [5.74, 6) is 0. The first kappa shape index (κ1) is 14.4. The first-order valence-corrected chi connectivity index (χ1v) is 5.73. The van der Waals surface area contributed by atoms with Crippen molar-refractivity contribution in [2.75, 3.05) is 20.6 Å². The van der Waals surface area contributed by atoms with Gasteiger partial charge in [-0.25, -0.2) is 0 Å². The van der Waals surface area contributed by atoms with Crippen molar-refractivity contribution in [3.8, 4) is 6.07 Å². The molecule has 0 aromatic carbocycles. The Hall–Kier alpha value is -0.590. The molecule has 0 heterocycles. The minimum absolute atomic E-state index is 0.361. The Kier molecular flexibility index (Phi) is 6.55. The van der Waals surface area contributed by atoms with Crippen LogP contribution in [0.15, 0.2) is 0 Å². The number of nitrogens with one attached hydrogen (secondary N) is 1. The molecule has 0 spiro atoms. The van der Waals surface area contributed by atoms with Gasteiger partial charge in [-0.05, 0) is 60.7 Å². The summed E-state index contributed by atoms with van der Waals surface area (Å²) < 4.78 is 0. The Morgan fingerprint density at radius 1 is 1.33 bits per heavy atom. The zero-order valence-corrected chi connectivity index (χ0v) is 10.8. The van der Waals surface area contributed by atoms with Crippen molar-refractivity contribution >= 4 is 0 Å². The lowest BCUT2D eigenvalue weighted by Crippen LogP contribution is -2.44. The minimum atomic E-state index is -0.361. The molecule has 3 nitrogen and oxygen atoms in total. The first-order valence-electron chi connectivity index (χ1n) is 5.73. The monoisotopic (exact) mass is 211 g/mol. The van der Waals surface area contributed by atoms with Crippen LogP contribution in [0.25, 0.3) is 0 Å². The molecule has 0 aliphatic heterocycles. The fraction of sp³-hybridized carbons (Fsp3) is 0.917. The van der Waals surface area contributed by atoms with E-state index in [0.29, 0.717) is 6.04 Å². The fourth-order valence-electron chi connectivity index (χ4n) is 1.70. The Balaban J connectivity index is 3.84. The van der Waals surface area contributed by atoms with E-state index >= 15 is 0 Å². The van der Waals surface area contributed by atoms with Gasteiger partial charge in [0.15, 0.2) is 0 Å². The predicted molar refractivity (Wildman–Crippen MR) is 64.7 cm³/mol. The number of unbranched alkanes of at least 4 members (excludes halogenated alkanes) is 1. The van der Waals surface area contributed by atoms with Crippen LogP contribution in [-0.4, -0.2) is 37.1 Å². The zero-order chi connectivity index (χ0) is 11.9. The molecule has 88 valence electrons. The van der Waals surface area contributed by atoms with Crippen molar-refractivity contribution in [2.24, 2.45) is 0 Å². The number of nitrogens with zero attached hydrogens (tertiary/aromatic N) is 2. The highest BCUT2D eigenvalue weighted by atomic mass is 15.0. The predicted octanol–water partition coefficient (Wildman–Crippen LogP) is 2.00. The van der Waals surface area contributed by atoms with Gasteiger partial charge in [0.05, 0.1) is 6.07 Å². The van der Waals surface area contributed by atoms with E-state index < -0.39 is 0 Å². The Labute approximate surface area is 94.5 Å². The van der Waals surface area contributed by atoms with Gasteiger partial charge < -0.3 is 4.90 Å². The molecule has 1 atom stereocenters. The van der Waals surface area contributed by atoms with E-state index in [-0.39, 0.29) is 5.54 Å². The molecule has 0 amide bonds. The quantitative estimate of drug-likeness (QED) is 0.655. The highest BCUT2D eigenvalue weighted by Crippen LogP contribution is 2.13. The van der Waals surface area contributed by atoms with Gasteiger partial charge in [-0.3, -0.25) is 5.32 Å². The molecule has 0 aliphatic carbocycles. The molecule has 3 heteroatoms. The van der Waals surface area contributed by atoms with Crippen molar-refractivity contribution in [3.05, 3.63) is 0 Å². The second-order valence-electron chi connectivity index (χ2n) is 5.00. The molecule has 0 aliphatic rings. The second-order valence-corrected chi connectivity index (χ2v) is 5.00. The van der Waals surface area contributed by atoms with Crippen molar-refractivity contribution < 1.29 is 0 Å². The van der Waals surface area contributed by atoms with Crippen LogP contribution in [0.3, 0.4) is 0 Å². The lowest BCUT2D eigenvalue weighted by Gasteiger charge is -2.26. The van der Waals surface area contributed by atoms with Crippen molar-refractivity contribution in [1.29, 1.82) is 5.26 Å². The molecule has 0 saturated carbocycles. The molecular weight excluding hydrogens is 186 g/mol. The lowest BCUT2D eigenvalue weighted by molar-refractivity contribution is 0.345. The van der Waals surface area contributed by atoms with E-state index in [1.807, 2.05) is 6.92 Å². The summed E-state index contributed by atoms with van der Waals surface area (Å²) in [6, 6.07) is 2.74. The van der Waals surface area contributed by atoms with Crippen LogP contribution in [0.5, 0.6) is 0 Å². The largest absolute Gasteiger partial charge is 0.309 e. The zero-order valence-electron chi connectivity index (χ0n) is 10.8. The summed E-state index contributed by atoms with van der Waals surface area (Å²) >= 11 is 0. The molecule has 1 unspecified atom stereocenters. The van der Waals surface area contributed by atoms with Crippen molar-refractivity contribution in [2.45, 2.75) is 51.6 Å². The Bertz CT molecular complexity index is 205. The average Bonchev–Trinajstić information content (AvgIpc) is 2.11. The van der Waals surface area contributed by atoms with Crippen LogP contribution in [0.1, 0.15) is 40.0 Å². The van der Waals surface area contributed by atoms with Crippen LogP contribution in [-0.2, 0) is 0 Å². The number of hydrogen-bond acceptors (Lipinski definition) is 3. The molecule has 0 rings (SSSR count). The summed E-state index contributed by atoms with van der Waals surface area (Å²) in [5, 5.41) is 12.4. The summed E-state index contributed by atoms with van der Waals surface area (Å²) in [4.78, 5) is 2.18. The molecule has 0 bridgehead atoms. The number of rotatable bonds is 7. The fourth-order valence-corrected chi connectivity index (χ4v) is 1.70. The molecule has 0 aromatic rings. The summed E-state index contributed by atoms with van der Waals surface area (Å²) in [6.07, 6.45) is 3.18. The molecule has 0 saturated heterocycles. The highest BCUT2D eigenvalue weighted by molar-refractivity contribution is 5.04. The van der Waals surface area contributed by atoms with Gasteiger partial charge in [-0.15, -0.1) is 0 Å². The summed E-state index contributed by atoms with van der Waals surface area (Å²) in [7, 11) is 4.16. The standard InChI is InChI=1S/C12H25N3/c1-11(2)14-12(3,10-13)8-6-7-9-15(4)5/h11,14H,6-9H2,1-5H3. The van der Waals surface area contributed by atoms with E-state index in [1.54, 1.807) is 0 Å². The van der Waals surface area contributed by atoms with Gasteiger partial charge in [0.25, 0.3) is 0 Å². The third-order valence-corrected chi connectivity index (χ3v) is 2.39. The maximum atomic E-state index is 9.12. The van der Waals surface area contributed by atoms with Crippen molar-refractivity contribution in [3.63, 3.8) is 0 Å². The van der Waals surface area contributed by atoms with Gasteiger partial charge in [-0.2, -0.15) is 5.26 Å². The van der Waals surface area contributed by atoms with E-state index in [0.717, 1.165) is 25.8 Å². The topological polar surface area (TPSA) is 39.1 Å². The van der Waals surface area contributed by atoms with Gasteiger partial charge in [0.2, 0.25) is 0 Å². The molecule has 15 heavy (non-hydrogen) atoms. The lowest BCUT2D eigenvalue weighted by atomic mass is 9.95. The molecule has 1 N–H and O–H groups in total. The van der Waals surface area contributed by atoms with Crippen LogP contribution >= 0.6 is 0 Å². The molecule has 0 aromatic heterocycles. The molecule has 0 fully saturated rings. The van der Waals surface area contributed by atoms with Crippen LogP contribution in [0.2, 0.25) is 0 Å². The first-order chi connectivity index (χ1) is 6.89.